The number of rotatable bonds is 6. The van der Waals surface area contributed by atoms with Gasteiger partial charge in [0.15, 0.2) is 0 Å². The molecule has 2 atom stereocenters. The van der Waals surface area contributed by atoms with Crippen LogP contribution in [0.5, 0.6) is 5.75 Å². The van der Waals surface area contributed by atoms with Crippen molar-refractivity contribution in [2.24, 2.45) is 5.73 Å². The molecule has 2 unspecified atom stereocenters. The summed E-state index contributed by atoms with van der Waals surface area (Å²) >= 11 is 3.35. The van der Waals surface area contributed by atoms with Crippen molar-refractivity contribution in [3.8, 4) is 5.75 Å². The lowest BCUT2D eigenvalue weighted by molar-refractivity contribution is -0.126. The molecule has 136 valence electrons. The van der Waals surface area contributed by atoms with E-state index < -0.39 is 5.54 Å². The molecule has 2 rings (SSSR count). The summed E-state index contributed by atoms with van der Waals surface area (Å²) in [7, 11) is 0. The van der Waals surface area contributed by atoms with Gasteiger partial charge in [-0.3, -0.25) is 4.79 Å². The minimum Gasteiger partial charge on any atom is -0.491 e. The Balaban J connectivity index is 0.00000312. The number of carbonyl (C=O) groups is 1. The van der Waals surface area contributed by atoms with Crippen LogP contribution in [0.1, 0.15) is 19.4 Å². The van der Waals surface area contributed by atoms with E-state index in [9.17, 15) is 9.18 Å². The first-order valence-electron chi connectivity index (χ1n) is 7.53. The molecule has 1 amide bonds. The molecule has 2 aromatic rings. The van der Waals surface area contributed by atoms with Gasteiger partial charge in [0.05, 0.1) is 6.04 Å². The molecular formula is C18H21BrClFN2O2. The Labute approximate surface area is 161 Å². The van der Waals surface area contributed by atoms with Crippen molar-refractivity contribution in [2.45, 2.75) is 25.4 Å². The third-order valence-electron chi connectivity index (χ3n) is 3.59. The SMILES string of the molecule is CC(COc1cccc(F)c1)NC(=O)C(C)(N)c1ccc(Br)cc1.Cl. The molecule has 25 heavy (non-hydrogen) atoms. The van der Waals surface area contributed by atoms with Crippen LogP contribution in [0, 0.1) is 5.82 Å². The standard InChI is InChI=1S/C18H20BrFN2O2.ClH/c1-12(11-24-16-5-3-4-15(20)10-16)22-17(23)18(2,21)13-6-8-14(19)9-7-13;/h3-10,12H,11,21H2,1-2H3,(H,22,23);1H. The van der Waals surface area contributed by atoms with Gasteiger partial charge in [0.1, 0.15) is 23.7 Å². The van der Waals surface area contributed by atoms with Crippen LogP contribution in [0.15, 0.2) is 53.0 Å². The molecule has 4 nitrogen and oxygen atoms in total. The summed E-state index contributed by atoms with van der Waals surface area (Å²) in [5, 5.41) is 2.82. The van der Waals surface area contributed by atoms with Crippen LogP contribution in [-0.4, -0.2) is 18.6 Å². The second-order valence-corrected chi connectivity index (χ2v) is 6.77. The Hall–Kier alpha value is -1.63. The highest BCUT2D eigenvalue weighted by Crippen LogP contribution is 2.21. The van der Waals surface area contributed by atoms with E-state index in [2.05, 4.69) is 21.2 Å². The average molecular weight is 432 g/mol. The van der Waals surface area contributed by atoms with Crippen LogP contribution >= 0.6 is 28.3 Å². The van der Waals surface area contributed by atoms with Gasteiger partial charge in [-0.15, -0.1) is 12.4 Å². The number of nitrogens with two attached hydrogens (primary N) is 1. The molecule has 0 saturated carbocycles. The maximum Gasteiger partial charge on any atom is 0.244 e. The fourth-order valence-corrected chi connectivity index (χ4v) is 2.38. The quantitative estimate of drug-likeness (QED) is 0.732. The molecule has 0 radical (unpaired) electrons. The Morgan fingerprint density at radius 3 is 2.56 bits per heavy atom. The van der Waals surface area contributed by atoms with E-state index in [0.717, 1.165) is 4.47 Å². The molecule has 0 heterocycles. The summed E-state index contributed by atoms with van der Waals surface area (Å²) in [5.41, 5.74) is 5.74. The van der Waals surface area contributed by atoms with Gasteiger partial charge in [0.25, 0.3) is 0 Å². The maximum absolute atomic E-state index is 13.1. The van der Waals surface area contributed by atoms with Crippen molar-refractivity contribution < 1.29 is 13.9 Å². The van der Waals surface area contributed by atoms with E-state index in [1.165, 1.54) is 12.1 Å². The van der Waals surface area contributed by atoms with E-state index in [-0.39, 0.29) is 36.8 Å². The van der Waals surface area contributed by atoms with Crippen LogP contribution in [0.4, 0.5) is 4.39 Å². The van der Waals surface area contributed by atoms with Gasteiger partial charge < -0.3 is 15.8 Å². The van der Waals surface area contributed by atoms with Crippen molar-refractivity contribution in [3.63, 3.8) is 0 Å². The summed E-state index contributed by atoms with van der Waals surface area (Å²) in [5.74, 6) is -0.256. The van der Waals surface area contributed by atoms with Crippen molar-refractivity contribution in [1.82, 2.24) is 5.32 Å². The highest BCUT2D eigenvalue weighted by Gasteiger charge is 2.31. The van der Waals surface area contributed by atoms with Crippen molar-refractivity contribution in [1.29, 1.82) is 0 Å². The summed E-state index contributed by atoms with van der Waals surface area (Å²) in [6, 6.07) is 12.9. The molecule has 3 N–H and O–H groups in total. The summed E-state index contributed by atoms with van der Waals surface area (Å²) in [6.45, 7) is 3.67. The second-order valence-electron chi connectivity index (χ2n) is 5.85. The fourth-order valence-electron chi connectivity index (χ4n) is 2.12. The molecule has 0 aliphatic heterocycles. The van der Waals surface area contributed by atoms with E-state index in [1.807, 2.05) is 12.1 Å². The molecule has 0 aromatic heterocycles. The summed E-state index contributed by atoms with van der Waals surface area (Å²) in [4.78, 5) is 12.5. The highest BCUT2D eigenvalue weighted by atomic mass is 79.9. The molecule has 0 bridgehead atoms. The molecule has 0 aliphatic rings. The van der Waals surface area contributed by atoms with E-state index >= 15 is 0 Å². The van der Waals surface area contributed by atoms with Gasteiger partial charge in [-0.05, 0) is 43.7 Å². The van der Waals surface area contributed by atoms with Crippen molar-refractivity contribution in [2.75, 3.05) is 6.61 Å². The molecule has 0 fully saturated rings. The zero-order chi connectivity index (χ0) is 17.7. The van der Waals surface area contributed by atoms with Crippen LogP contribution in [0.3, 0.4) is 0 Å². The lowest BCUT2D eigenvalue weighted by atomic mass is 9.92. The number of benzene rings is 2. The first-order valence-corrected chi connectivity index (χ1v) is 8.32. The van der Waals surface area contributed by atoms with Crippen LogP contribution in [0.2, 0.25) is 0 Å². The number of ether oxygens (including phenoxy) is 1. The second kappa shape index (κ2) is 9.17. The topological polar surface area (TPSA) is 64.3 Å². The monoisotopic (exact) mass is 430 g/mol. The molecule has 0 saturated heterocycles. The zero-order valence-electron chi connectivity index (χ0n) is 14.0. The number of hydrogen-bond acceptors (Lipinski definition) is 3. The normalized spacial score (nSPS) is 14.0. The van der Waals surface area contributed by atoms with Crippen molar-refractivity contribution in [3.05, 3.63) is 64.4 Å². The largest absolute Gasteiger partial charge is 0.491 e. The third kappa shape index (κ3) is 5.99. The number of hydrogen-bond donors (Lipinski definition) is 2. The average Bonchev–Trinajstić information content (AvgIpc) is 2.53. The molecule has 0 aliphatic carbocycles. The van der Waals surface area contributed by atoms with E-state index in [0.29, 0.717) is 11.3 Å². The zero-order valence-corrected chi connectivity index (χ0v) is 16.4. The van der Waals surface area contributed by atoms with Crippen LogP contribution in [0.25, 0.3) is 0 Å². The third-order valence-corrected chi connectivity index (χ3v) is 4.12. The van der Waals surface area contributed by atoms with Gasteiger partial charge in [-0.1, -0.05) is 34.1 Å². The first-order chi connectivity index (χ1) is 11.3. The van der Waals surface area contributed by atoms with Gasteiger partial charge in [-0.2, -0.15) is 0 Å². The van der Waals surface area contributed by atoms with Gasteiger partial charge in [0, 0.05) is 10.5 Å². The number of nitrogens with one attached hydrogen (secondary N) is 1. The van der Waals surface area contributed by atoms with Crippen molar-refractivity contribution >= 4 is 34.2 Å². The predicted octanol–water partition coefficient (Wildman–Crippen LogP) is 3.77. The van der Waals surface area contributed by atoms with Crippen LogP contribution < -0.4 is 15.8 Å². The Bertz CT molecular complexity index is 710. The Morgan fingerprint density at radius 2 is 1.96 bits per heavy atom. The summed E-state index contributed by atoms with van der Waals surface area (Å²) < 4.78 is 19.5. The Kier molecular flexibility index (Phi) is 7.86. The predicted molar refractivity (Wildman–Crippen MR) is 102 cm³/mol. The molecule has 7 heteroatoms. The maximum atomic E-state index is 13.1. The minimum absolute atomic E-state index is 0. The number of amides is 1. The lowest BCUT2D eigenvalue weighted by Crippen LogP contribution is -2.52. The lowest BCUT2D eigenvalue weighted by Gasteiger charge is -2.26. The van der Waals surface area contributed by atoms with Gasteiger partial charge in [0.2, 0.25) is 5.91 Å². The highest BCUT2D eigenvalue weighted by molar-refractivity contribution is 9.10. The minimum atomic E-state index is -1.16. The first kappa shape index (κ1) is 21.4. The molecule has 0 spiro atoms. The number of halogens is 3. The fraction of sp³-hybridized carbons (Fsp3) is 0.278. The van der Waals surface area contributed by atoms with Crippen LogP contribution in [-0.2, 0) is 10.3 Å². The Morgan fingerprint density at radius 1 is 1.32 bits per heavy atom. The summed E-state index contributed by atoms with van der Waals surface area (Å²) in [6.07, 6.45) is 0. The number of carbonyl (C=O) groups excluding carboxylic acids is 1. The van der Waals surface area contributed by atoms with Gasteiger partial charge >= 0.3 is 0 Å². The van der Waals surface area contributed by atoms with E-state index in [1.54, 1.807) is 38.1 Å². The smallest absolute Gasteiger partial charge is 0.244 e. The molecule has 2 aromatic carbocycles. The molecular weight excluding hydrogens is 411 g/mol. The van der Waals surface area contributed by atoms with E-state index in [4.69, 9.17) is 10.5 Å². The van der Waals surface area contributed by atoms with Gasteiger partial charge in [-0.25, -0.2) is 4.39 Å².